The van der Waals surface area contributed by atoms with Crippen LogP contribution in [0.25, 0.3) is 0 Å². The molecule has 0 bridgehead atoms. The van der Waals surface area contributed by atoms with Crippen molar-refractivity contribution in [1.82, 2.24) is 10.2 Å². The van der Waals surface area contributed by atoms with Crippen LogP contribution < -0.4 is 5.32 Å². The minimum absolute atomic E-state index is 0.215. The number of carbonyl (C=O) groups is 3. The number of nitrogens with zero attached hydrogens (tertiary/aromatic N) is 1. The minimum atomic E-state index is -0.666. The van der Waals surface area contributed by atoms with Crippen LogP contribution in [0.4, 0.5) is 4.79 Å². The van der Waals surface area contributed by atoms with Gasteiger partial charge in [-0.2, -0.15) is 0 Å². The lowest BCUT2D eigenvalue weighted by Crippen LogP contribution is -2.46. The lowest BCUT2D eigenvalue weighted by Gasteiger charge is -2.23. The van der Waals surface area contributed by atoms with Gasteiger partial charge < -0.3 is 19.7 Å². The fraction of sp³-hybridized carbons (Fsp3) is 0.643. The summed E-state index contributed by atoms with van der Waals surface area (Å²) in [5, 5.41) is 2.38. The molecule has 0 radical (unpaired) electrons. The number of carbonyl (C=O) groups excluding carboxylic acids is 3. The molecular weight excluding hydrogens is 276 g/mol. The van der Waals surface area contributed by atoms with Gasteiger partial charge in [0.25, 0.3) is 0 Å². The molecular formula is C14H22N2O5. The zero-order chi connectivity index (χ0) is 16.0. The van der Waals surface area contributed by atoms with Crippen molar-refractivity contribution in [3.63, 3.8) is 0 Å². The first-order valence-electron chi connectivity index (χ1n) is 6.82. The van der Waals surface area contributed by atoms with Gasteiger partial charge in [-0.3, -0.25) is 4.79 Å². The highest BCUT2D eigenvalue weighted by atomic mass is 16.6. The molecule has 0 aliphatic carbocycles. The molecule has 1 aliphatic rings. The monoisotopic (exact) mass is 298 g/mol. The zero-order valence-corrected chi connectivity index (χ0v) is 12.7. The molecule has 0 aromatic carbocycles. The van der Waals surface area contributed by atoms with Crippen LogP contribution in [0.15, 0.2) is 12.8 Å². The minimum Gasteiger partial charge on any atom is -0.444 e. The molecule has 0 saturated carbocycles. The van der Waals surface area contributed by atoms with E-state index < -0.39 is 23.7 Å². The fourth-order valence-electron chi connectivity index (χ4n) is 2.03. The van der Waals surface area contributed by atoms with Crippen LogP contribution in [0.3, 0.4) is 0 Å². The summed E-state index contributed by atoms with van der Waals surface area (Å²) in [6, 6.07) is -0.615. The van der Waals surface area contributed by atoms with E-state index in [4.69, 9.17) is 9.47 Å². The molecule has 1 aliphatic heterocycles. The van der Waals surface area contributed by atoms with Crippen LogP contribution in [0.2, 0.25) is 0 Å². The number of hydrogen-bond acceptors (Lipinski definition) is 5. The van der Waals surface area contributed by atoms with E-state index in [2.05, 4.69) is 11.9 Å². The first kappa shape index (κ1) is 17.0. The predicted molar refractivity (Wildman–Crippen MR) is 75.3 cm³/mol. The number of alkyl carbamates (subject to hydrolysis) is 1. The molecule has 1 saturated heterocycles. The Hall–Kier alpha value is -2.05. The molecule has 1 N–H and O–H groups in total. The second kappa shape index (κ2) is 7.10. The average molecular weight is 298 g/mol. The van der Waals surface area contributed by atoms with Gasteiger partial charge in [0.15, 0.2) is 0 Å². The number of nitrogens with one attached hydrogen (secondary N) is 1. The molecule has 1 atom stereocenters. The van der Waals surface area contributed by atoms with Gasteiger partial charge in [0.05, 0.1) is 6.26 Å². The van der Waals surface area contributed by atoms with E-state index in [0.717, 1.165) is 12.7 Å². The molecule has 21 heavy (non-hydrogen) atoms. The summed E-state index contributed by atoms with van der Waals surface area (Å²) in [7, 11) is 0. The number of esters is 1. The van der Waals surface area contributed by atoms with Crippen LogP contribution in [0.1, 0.15) is 33.6 Å². The Bertz CT molecular complexity index is 428. The van der Waals surface area contributed by atoms with Gasteiger partial charge in [-0.25, -0.2) is 9.59 Å². The van der Waals surface area contributed by atoms with Crippen LogP contribution in [0.5, 0.6) is 0 Å². The summed E-state index contributed by atoms with van der Waals surface area (Å²) < 4.78 is 9.75. The number of hydrogen-bond donors (Lipinski definition) is 1. The molecule has 1 fully saturated rings. The van der Waals surface area contributed by atoms with Crippen molar-refractivity contribution in [1.29, 1.82) is 0 Å². The van der Waals surface area contributed by atoms with Crippen LogP contribution in [-0.2, 0) is 19.1 Å². The topological polar surface area (TPSA) is 84.9 Å². The highest BCUT2D eigenvalue weighted by Gasteiger charge is 2.35. The van der Waals surface area contributed by atoms with E-state index >= 15 is 0 Å². The smallest absolute Gasteiger partial charge is 0.408 e. The Kier molecular flexibility index (Phi) is 5.75. The quantitative estimate of drug-likeness (QED) is 0.622. The van der Waals surface area contributed by atoms with E-state index in [1.807, 2.05) is 0 Å². The second-order valence-electron chi connectivity index (χ2n) is 5.70. The highest BCUT2D eigenvalue weighted by molar-refractivity contribution is 5.88. The first-order valence-corrected chi connectivity index (χ1v) is 6.82. The highest BCUT2D eigenvalue weighted by Crippen LogP contribution is 2.18. The summed E-state index contributed by atoms with van der Waals surface area (Å²) in [6.07, 6.45) is 1.64. The van der Waals surface area contributed by atoms with E-state index in [9.17, 15) is 14.4 Å². The van der Waals surface area contributed by atoms with Crippen molar-refractivity contribution in [2.75, 3.05) is 13.1 Å². The maximum atomic E-state index is 12.1. The molecule has 7 heteroatoms. The molecule has 0 aromatic heterocycles. The Morgan fingerprint density at radius 3 is 2.62 bits per heavy atom. The van der Waals surface area contributed by atoms with Gasteiger partial charge in [0, 0.05) is 6.54 Å². The lowest BCUT2D eigenvalue weighted by molar-refractivity contribution is -0.148. The van der Waals surface area contributed by atoms with Gasteiger partial charge in [0.2, 0.25) is 5.91 Å². The molecule has 7 nitrogen and oxygen atoms in total. The number of likely N-dealkylation sites (tertiary alicyclic amines) is 1. The lowest BCUT2D eigenvalue weighted by atomic mass is 10.2. The summed E-state index contributed by atoms with van der Waals surface area (Å²) in [4.78, 5) is 36.6. The third kappa shape index (κ3) is 5.45. The summed E-state index contributed by atoms with van der Waals surface area (Å²) >= 11 is 0. The van der Waals surface area contributed by atoms with Gasteiger partial charge in [0.1, 0.15) is 18.2 Å². The van der Waals surface area contributed by atoms with E-state index in [1.165, 1.54) is 4.90 Å². The second-order valence-corrected chi connectivity index (χ2v) is 5.70. The Labute approximate surface area is 124 Å². The van der Waals surface area contributed by atoms with Crippen molar-refractivity contribution in [2.45, 2.75) is 45.3 Å². The Balaban J connectivity index is 2.49. The predicted octanol–water partition coefficient (Wildman–Crippen LogP) is 1.19. The van der Waals surface area contributed by atoms with E-state index in [1.54, 1.807) is 20.8 Å². The van der Waals surface area contributed by atoms with Gasteiger partial charge >= 0.3 is 12.1 Å². The maximum absolute atomic E-state index is 12.1. The largest absolute Gasteiger partial charge is 0.444 e. The molecule has 0 unspecified atom stereocenters. The van der Waals surface area contributed by atoms with Crippen molar-refractivity contribution >= 4 is 18.0 Å². The van der Waals surface area contributed by atoms with Crippen LogP contribution in [-0.4, -0.2) is 47.6 Å². The molecule has 118 valence electrons. The molecule has 0 aromatic rings. The average Bonchev–Trinajstić information content (AvgIpc) is 2.83. The third-order valence-electron chi connectivity index (χ3n) is 2.83. The molecule has 0 spiro atoms. The summed E-state index contributed by atoms with van der Waals surface area (Å²) in [6.45, 7) is 8.76. The van der Waals surface area contributed by atoms with Crippen LogP contribution in [0, 0.1) is 0 Å². The summed E-state index contributed by atoms with van der Waals surface area (Å²) in [5.41, 5.74) is -0.628. The molecule has 1 heterocycles. The zero-order valence-electron chi connectivity index (χ0n) is 12.7. The van der Waals surface area contributed by atoms with E-state index in [-0.39, 0.29) is 12.5 Å². The first-order chi connectivity index (χ1) is 9.74. The summed E-state index contributed by atoms with van der Waals surface area (Å²) in [5.74, 6) is -0.850. The van der Waals surface area contributed by atoms with Crippen molar-refractivity contribution in [3.05, 3.63) is 12.8 Å². The molecule has 1 rings (SSSR count). The maximum Gasteiger partial charge on any atom is 0.408 e. The van der Waals surface area contributed by atoms with Gasteiger partial charge in [-0.1, -0.05) is 6.58 Å². The third-order valence-corrected chi connectivity index (χ3v) is 2.83. The van der Waals surface area contributed by atoms with E-state index in [0.29, 0.717) is 13.0 Å². The SMILES string of the molecule is C=COC(=O)[C@@H]1CCCN1C(=O)CNC(=O)OC(C)(C)C. The van der Waals surface area contributed by atoms with Crippen molar-refractivity contribution in [2.24, 2.45) is 0 Å². The van der Waals surface area contributed by atoms with Gasteiger partial charge in [-0.15, -0.1) is 0 Å². The number of amides is 2. The molecule has 2 amide bonds. The Morgan fingerprint density at radius 2 is 2.05 bits per heavy atom. The standard InChI is InChI=1S/C14H22N2O5/c1-5-20-12(18)10-7-6-8-16(10)11(17)9-15-13(19)21-14(2,3)4/h5,10H,1,6-9H2,2-4H3,(H,15,19)/t10-/m0/s1. The van der Waals surface area contributed by atoms with Crippen LogP contribution >= 0.6 is 0 Å². The van der Waals surface area contributed by atoms with Crippen molar-refractivity contribution in [3.8, 4) is 0 Å². The Morgan fingerprint density at radius 1 is 1.38 bits per heavy atom. The number of rotatable bonds is 4. The normalized spacial score (nSPS) is 18.0. The van der Waals surface area contributed by atoms with Gasteiger partial charge in [-0.05, 0) is 33.6 Å². The number of ether oxygens (including phenoxy) is 2. The van der Waals surface area contributed by atoms with Crippen molar-refractivity contribution < 1.29 is 23.9 Å². The fourth-order valence-corrected chi connectivity index (χ4v) is 2.03.